The van der Waals surface area contributed by atoms with Crippen LogP contribution in [0.15, 0.2) is 30.3 Å². The molecule has 1 atom stereocenters. The number of aromatic nitrogens is 5. The van der Waals surface area contributed by atoms with Gasteiger partial charge in [0.05, 0.1) is 12.6 Å². The highest BCUT2D eigenvalue weighted by Crippen LogP contribution is 2.20. The van der Waals surface area contributed by atoms with Gasteiger partial charge in [0.25, 0.3) is 0 Å². The Morgan fingerprint density at radius 3 is 2.62 bits per heavy atom. The Balaban J connectivity index is 1.84. The molecule has 0 fully saturated rings. The number of aliphatic hydroxyl groups is 1. The number of benzene rings is 1. The van der Waals surface area contributed by atoms with Crippen molar-refractivity contribution in [1.29, 1.82) is 0 Å². The highest BCUT2D eigenvalue weighted by molar-refractivity contribution is 5.82. The van der Waals surface area contributed by atoms with Crippen LogP contribution in [0.2, 0.25) is 0 Å². The second kappa shape index (κ2) is 7.22. The molecule has 0 amide bonds. The maximum absolute atomic E-state index is 9.48. The molecule has 2 heterocycles. The lowest BCUT2D eigenvalue weighted by atomic mass is 10.1. The van der Waals surface area contributed by atoms with E-state index >= 15 is 0 Å². The van der Waals surface area contributed by atoms with Crippen molar-refractivity contribution in [3.8, 4) is 0 Å². The zero-order valence-corrected chi connectivity index (χ0v) is 13.7. The van der Waals surface area contributed by atoms with E-state index in [-0.39, 0.29) is 18.6 Å². The van der Waals surface area contributed by atoms with Crippen LogP contribution in [-0.4, -0.2) is 43.1 Å². The van der Waals surface area contributed by atoms with Crippen molar-refractivity contribution in [2.24, 2.45) is 5.92 Å². The van der Waals surface area contributed by atoms with Crippen molar-refractivity contribution in [1.82, 2.24) is 25.4 Å². The van der Waals surface area contributed by atoms with Gasteiger partial charge in [-0.25, -0.2) is 0 Å². The van der Waals surface area contributed by atoms with Gasteiger partial charge in [0.15, 0.2) is 11.3 Å². The minimum Gasteiger partial charge on any atom is -0.394 e. The Labute approximate surface area is 139 Å². The van der Waals surface area contributed by atoms with Crippen LogP contribution < -0.4 is 10.6 Å². The van der Waals surface area contributed by atoms with Gasteiger partial charge >= 0.3 is 0 Å². The first kappa shape index (κ1) is 16.1. The number of hydrogen-bond acceptors (Lipinski definition) is 7. The van der Waals surface area contributed by atoms with Crippen LogP contribution in [0.5, 0.6) is 0 Å². The third-order valence-corrected chi connectivity index (χ3v) is 3.80. The maximum Gasteiger partial charge on any atom is 0.227 e. The summed E-state index contributed by atoms with van der Waals surface area (Å²) < 4.78 is 0. The van der Waals surface area contributed by atoms with Crippen LogP contribution in [0.25, 0.3) is 11.2 Å². The highest BCUT2D eigenvalue weighted by Gasteiger charge is 2.16. The molecular weight excluding hydrogens is 306 g/mol. The molecular formula is C16H21N7O. The molecule has 0 aliphatic rings. The topological polar surface area (TPSA) is 112 Å². The van der Waals surface area contributed by atoms with E-state index in [1.807, 2.05) is 44.2 Å². The molecule has 126 valence electrons. The molecule has 4 N–H and O–H groups in total. The van der Waals surface area contributed by atoms with E-state index in [2.05, 4.69) is 36.0 Å². The van der Waals surface area contributed by atoms with Gasteiger partial charge in [-0.05, 0) is 11.5 Å². The number of fused-ring (bicyclic) bond motifs is 1. The van der Waals surface area contributed by atoms with Crippen molar-refractivity contribution < 1.29 is 5.11 Å². The number of rotatable bonds is 7. The first-order valence-corrected chi connectivity index (χ1v) is 7.91. The molecule has 0 saturated heterocycles. The zero-order chi connectivity index (χ0) is 16.9. The third kappa shape index (κ3) is 3.60. The molecule has 0 bridgehead atoms. The summed E-state index contributed by atoms with van der Waals surface area (Å²) in [5, 5.41) is 26.6. The standard InChI is InChI=1S/C16H21N7O/c1-10(2)12(9-24)18-16-19-14(13-15(20-16)22-23-21-13)17-8-11-6-4-3-5-7-11/h3-7,10,12,24H,8-9H2,1-2H3,(H3,17,18,19,20,21,22,23). The highest BCUT2D eigenvalue weighted by atomic mass is 16.3. The van der Waals surface area contributed by atoms with Crippen molar-refractivity contribution in [3.63, 3.8) is 0 Å². The Hall–Kier alpha value is -2.74. The lowest BCUT2D eigenvalue weighted by molar-refractivity contribution is 0.248. The van der Waals surface area contributed by atoms with Crippen LogP contribution in [0, 0.1) is 5.92 Å². The second-order valence-corrected chi connectivity index (χ2v) is 5.91. The molecule has 3 rings (SSSR count). The van der Waals surface area contributed by atoms with Gasteiger partial charge in [-0.2, -0.15) is 20.3 Å². The van der Waals surface area contributed by atoms with Crippen LogP contribution in [0.3, 0.4) is 0 Å². The van der Waals surface area contributed by atoms with E-state index in [1.165, 1.54) is 0 Å². The summed E-state index contributed by atoms with van der Waals surface area (Å²) in [6.45, 7) is 4.67. The molecule has 0 saturated carbocycles. The summed E-state index contributed by atoms with van der Waals surface area (Å²) in [5.74, 6) is 1.26. The van der Waals surface area contributed by atoms with Crippen LogP contribution in [-0.2, 0) is 6.54 Å². The fourth-order valence-electron chi connectivity index (χ4n) is 2.30. The molecule has 1 aromatic carbocycles. The van der Waals surface area contributed by atoms with Crippen LogP contribution in [0.4, 0.5) is 11.8 Å². The molecule has 2 aromatic heterocycles. The normalized spacial score (nSPS) is 12.5. The minimum absolute atomic E-state index is 0.00462. The number of H-pyrrole nitrogens is 1. The van der Waals surface area contributed by atoms with Crippen molar-refractivity contribution in [3.05, 3.63) is 35.9 Å². The predicted octanol–water partition coefficient (Wildman–Crippen LogP) is 1.79. The molecule has 3 aromatic rings. The first-order valence-electron chi connectivity index (χ1n) is 7.91. The first-order chi connectivity index (χ1) is 11.7. The minimum atomic E-state index is -0.128. The summed E-state index contributed by atoms with van der Waals surface area (Å²) in [7, 11) is 0. The van der Waals surface area contributed by atoms with E-state index in [0.717, 1.165) is 5.56 Å². The summed E-state index contributed by atoms with van der Waals surface area (Å²) in [5.41, 5.74) is 2.20. The third-order valence-electron chi connectivity index (χ3n) is 3.80. The van der Waals surface area contributed by atoms with E-state index in [4.69, 9.17) is 0 Å². The lowest BCUT2D eigenvalue weighted by Crippen LogP contribution is -2.30. The number of hydrogen-bond donors (Lipinski definition) is 4. The molecule has 1 unspecified atom stereocenters. The van der Waals surface area contributed by atoms with Gasteiger partial charge in [-0.1, -0.05) is 44.2 Å². The summed E-state index contributed by atoms with van der Waals surface area (Å²) in [4.78, 5) is 8.83. The largest absolute Gasteiger partial charge is 0.394 e. The summed E-state index contributed by atoms with van der Waals surface area (Å²) in [6.07, 6.45) is 0. The van der Waals surface area contributed by atoms with Gasteiger partial charge in [0, 0.05) is 6.54 Å². The van der Waals surface area contributed by atoms with Crippen LogP contribution >= 0.6 is 0 Å². The smallest absolute Gasteiger partial charge is 0.227 e. The van der Waals surface area contributed by atoms with E-state index in [9.17, 15) is 5.11 Å². The Bertz CT molecular complexity index is 787. The van der Waals surface area contributed by atoms with Crippen LogP contribution in [0.1, 0.15) is 19.4 Å². The average molecular weight is 327 g/mol. The van der Waals surface area contributed by atoms with E-state index < -0.39 is 0 Å². The molecule has 8 heteroatoms. The second-order valence-electron chi connectivity index (χ2n) is 5.91. The fourth-order valence-corrected chi connectivity index (χ4v) is 2.30. The SMILES string of the molecule is CC(C)C(CO)Nc1nc(NCc2ccccc2)c2n[nH]nc2n1. The Morgan fingerprint density at radius 2 is 1.92 bits per heavy atom. The van der Waals surface area contributed by atoms with Gasteiger partial charge in [-0.15, -0.1) is 5.10 Å². The maximum atomic E-state index is 9.48. The molecule has 0 aliphatic heterocycles. The number of anilines is 2. The van der Waals surface area contributed by atoms with Gasteiger partial charge in [-0.3, -0.25) is 0 Å². The molecule has 0 aliphatic carbocycles. The quantitative estimate of drug-likeness (QED) is 0.523. The van der Waals surface area contributed by atoms with E-state index in [0.29, 0.717) is 29.5 Å². The summed E-state index contributed by atoms with van der Waals surface area (Å²) >= 11 is 0. The average Bonchev–Trinajstić information content (AvgIpc) is 3.06. The van der Waals surface area contributed by atoms with E-state index in [1.54, 1.807) is 0 Å². The molecule has 24 heavy (non-hydrogen) atoms. The van der Waals surface area contributed by atoms with Gasteiger partial charge in [0.2, 0.25) is 11.6 Å². The zero-order valence-electron chi connectivity index (χ0n) is 13.7. The monoisotopic (exact) mass is 327 g/mol. The van der Waals surface area contributed by atoms with Crippen molar-refractivity contribution in [2.75, 3.05) is 17.2 Å². The molecule has 8 nitrogen and oxygen atoms in total. The fraction of sp³-hybridized carbons (Fsp3) is 0.375. The number of nitrogens with zero attached hydrogens (tertiary/aromatic N) is 4. The Morgan fingerprint density at radius 1 is 1.12 bits per heavy atom. The van der Waals surface area contributed by atoms with Crippen molar-refractivity contribution >= 4 is 22.9 Å². The molecule has 0 spiro atoms. The van der Waals surface area contributed by atoms with Gasteiger partial charge in [0.1, 0.15) is 0 Å². The van der Waals surface area contributed by atoms with Gasteiger partial charge < -0.3 is 15.7 Å². The summed E-state index contributed by atoms with van der Waals surface area (Å²) in [6, 6.07) is 9.90. The molecule has 0 radical (unpaired) electrons. The number of aliphatic hydroxyl groups excluding tert-OH is 1. The number of nitrogens with one attached hydrogen (secondary N) is 3. The lowest BCUT2D eigenvalue weighted by Gasteiger charge is -2.20. The van der Waals surface area contributed by atoms with Crippen molar-refractivity contribution in [2.45, 2.75) is 26.4 Å². The predicted molar refractivity (Wildman–Crippen MR) is 92.6 cm³/mol. The Kier molecular flexibility index (Phi) is 4.85. The number of aromatic amines is 1.